The second kappa shape index (κ2) is 13.5. The molecule has 1 fully saturated rings. The number of hydrogen-bond acceptors (Lipinski definition) is 5. The summed E-state index contributed by atoms with van der Waals surface area (Å²) in [5.41, 5.74) is 7.93. The first-order valence-corrected chi connectivity index (χ1v) is 14.9. The normalized spacial score (nSPS) is 15.3. The first-order valence-electron chi connectivity index (χ1n) is 14.9. The van der Waals surface area contributed by atoms with Crippen LogP contribution in [-0.2, 0) is 0 Å². The van der Waals surface area contributed by atoms with E-state index in [1.165, 1.54) is 22.3 Å². The van der Waals surface area contributed by atoms with Gasteiger partial charge in [0.05, 0.1) is 0 Å². The van der Waals surface area contributed by atoms with Crippen LogP contribution in [-0.4, -0.2) is 40.6 Å². The van der Waals surface area contributed by atoms with E-state index in [4.69, 9.17) is 9.26 Å². The Morgan fingerprint density at radius 2 is 1.37 bits per heavy atom. The van der Waals surface area contributed by atoms with Crippen molar-refractivity contribution in [3.63, 3.8) is 0 Å². The summed E-state index contributed by atoms with van der Waals surface area (Å²) in [6, 6.07) is 41.0. The van der Waals surface area contributed by atoms with E-state index in [0.717, 1.165) is 42.8 Å². The molecule has 6 rings (SSSR count). The Hall–Kier alpha value is -4.71. The average molecular weight is 569 g/mol. The van der Waals surface area contributed by atoms with E-state index in [-0.39, 0.29) is 0 Å². The Kier molecular flexibility index (Phi) is 8.93. The molecule has 43 heavy (non-hydrogen) atoms. The van der Waals surface area contributed by atoms with Gasteiger partial charge >= 0.3 is 0 Å². The van der Waals surface area contributed by atoms with Gasteiger partial charge in [0.2, 0.25) is 0 Å². The van der Waals surface area contributed by atoms with Gasteiger partial charge in [-0.15, -0.1) is 0 Å². The largest absolute Gasteiger partial charge is 0.472 e. The zero-order valence-electron chi connectivity index (χ0n) is 24.3. The number of aliphatic hydroxyl groups is 1. The van der Waals surface area contributed by atoms with Crippen molar-refractivity contribution in [3.05, 3.63) is 149 Å². The molecular formula is C38H36N2O3. The van der Waals surface area contributed by atoms with Crippen LogP contribution in [0.5, 0.6) is 5.75 Å². The van der Waals surface area contributed by atoms with E-state index >= 15 is 0 Å². The van der Waals surface area contributed by atoms with Crippen LogP contribution in [0.2, 0.25) is 0 Å². The maximum absolute atomic E-state index is 10.8. The van der Waals surface area contributed by atoms with Crippen molar-refractivity contribution in [1.29, 1.82) is 0 Å². The Morgan fingerprint density at radius 1 is 0.791 bits per heavy atom. The summed E-state index contributed by atoms with van der Waals surface area (Å²) >= 11 is 0. The predicted molar refractivity (Wildman–Crippen MR) is 173 cm³/mol. The molecule has 0 saturated carbocycles. The summed E-state index contributed by atoms with van der Waals surface area (Å²) in [5, 5.41) is 15.1. The fourth-order valence-electron chi connectivity index (χ4n) is 5.70. The van der Waals surface area contributed by atoms with Gasteiger partial charge in [0.25, 0.3) is 0 Å². The van der Waals surface area contributed by atoms with Gasteiger partial charge in [-0.1, -0.05) is 120 Å². The Balaban J connectivity index is 1.19. The third-order valence-electron chi connectivity index (χ3n) is 7.84. The standard InChI is InChI=1S/C38H36N2O3/c1-28(41)38(40-25-23-33(24-26-40)37(31-16-7-3-8-17-31)32-18-9-4-10-19-32)42-36-20-12-11-15-30(36)21-22-34-27-35(39-43-34)29-13-5-2-6-14-29/h2-22,27-28,38,41H,23-26H2,1H3/b22-21+. The molecule has 1 saturated heterocycles. The number of nitrogens with zero attached hydrogens (tertiary/aromatic N) is 2. The number of ether oxygens (including phenoxy) is 1. The van der Waals surface area contributed by atoms with Crippen LogP contribution in [0.4, 0.5) is 0 Å². The molecule has 1 aliphatic rings. The molecule has 5 heteroatoms. The number of hydrogen-bond donors (Lipinski definition) is 1. The van der Waals surface area contributed by atoms with Crippen molar-refractivity contribution in [2.75, 3.05) is 13.1 Å². The van der Waals surface area contributed by atoms with Crippen molar-refractivity contribution in [2.24, 2.45) is 0 Å². The molecule has 4 aromatic carbocycles. The quantitative estimate of drug-likeness (QED) is 0.194. The molecule has 2 atom stereocenters. The third-order valence-corrected chi connectivity index (χ3v) is 7.84. The predicted octanol–water partition coefficient (Wildman–Crippen LogP) is 8.20. The Bertz CT molecular complexity index is 1620. The molecular weight excluding hydrogens is 532 g/mol. The molecule has 1 aliphatic heterocycles. The van der Waals surface area contributed by atoms with Crippen LogP contribution in [0.3, 0.4) is 0 Å². The fourth-order valence-corrected chi connectivity index (χ4v) is 5.70. The van der Waals surface area contributed by atoms with Gasteiger partial charge in [0.15, 0.2) is 12.0 Å². The summed E-state index contributed by atoms with van der Waals surface area (Å²) in [7, 11) is 0. The number of benzene rings is 4. The van der Waals surface area contributed by atoms with Crippen molar-refractivity contribution < 1.29 is 14.4 Å². The molecule has 1 N–H and O–H groups in total. The lowest BCUT2D eigenvalue weighted by Crippen LogP contribution is -2.49. The molecule has 0 bridgehead atoms. The zero-order chi connectivity index (χ0) is 29.4. The monoisotopic (exact) mass is 568 g/mol. The van der Waals surface area contributed by atoms with Gasteiger partial charge in [-0.05, 0) is 54.7 Å². The van der Waals surface area contributed by atoms with Crippen LogP contribution in [0.1, 0.15) is 42.2 Å². The van der Waals surface area contributed by atoms with E-state index in [9.17, 15) is 5.11 Å². The van der Waals surface area contributed by atoms with Crippen LogP contribution in [0, 0.1) is 0 Å². The summed E-state index contributed by atoms with van der Waals surface area (Å²) in [6.45, 7) is 3.40. The topological polar surface area (TPSA) is 58.7 Å². The third kappa shape index (κ3) is 6.86. The summed E-state index contributed by atoms with van der Waals surface area (Å²) in [5.74, 6) is 1.37. The van der Waals surface area contributed by atoms with Gasteiger partial charge in [-0.3, -0.25) is 4.90 Å². The van der Waals surface area contributed by atoms with Crippen molar-refractivity contribution in [2.45, 2.75) is 32.1 Å². The first kappa shape index (κ1) is 28.4. The number of likely N-dealkylation sites (tertiary alicyclic amines) is 1. The minimum atomic E-state index is -0.673. The summed E-state index contributed by atoms with van der Waals surface area (Å²) in [6.07, 6.45) is 4.53. The van der Waals surface area contributed by atoms with Crippen molar-refractivity contribution in [1.82, 2.24) is 10.1 Å². The molecule has 0 spiro atoms. The number of rotatable bonds is 9. The van der Waals surface area contributed by atoms with E-state index in [2.05, 4.69) is 70.7 Å². The van der Waals surface area contributed by atoms with Crippen LogP contribution < -0.4 is 4.74 Å². The molecule has 1 aromatic heterocycles. The molecule has 5 aromatic rings. The number of aliphatic hydroxyl groups excluding tert-OH is 1. The average Bonchev–Trinajstić information content (AvgIpc) is 3.54. The van der Waals surface area contributed by atoms with Gasteiger partial charge in [-0.2, -0.15) is 0 Å². The van der Waals surface area contributed by atoms with Gasteiger partial charge in [0.1, 0.15) is 17.5 Å². The number of piperidine rings is 1. The smallest absolute Gasteiger partial charge is 0.178 e. The number of aromatic nitrogens is 1. The number of para-hydroxylation sites is 1. The molecule has 2 heterocycles. The lowest BCUT2D eigenvalue weighted by Gasteiger charge is -2.37. The minimum absolute atomic E-state index is 0.469. The lowest BCUT2D eigenvalue weighted by atomic mass is 9.88. The fraction of sp³-hybridized carbons (Fsp3) is 0.184. The maximum Gasteiger partial charge on any atom is 0.178 e. The van der Waals surface area contributed by atoms with E-state index in [1.54, 1.807) is 6.92 Å². The highest BCUT2D eigenvalue weighted by molar-refractivity contribution is 5.82. The van der Waals surface area contributed by atoms with Crippen molar-refractivity contribution in [3.8, 4) is 17.0 Å². The summed E-state index contributed by atoms with van der Waals surface area (Å²) in [4.78, 5) is 2.25. The molecule has 216 valence electrons. The SMILES string of the molecule is CC(O)C(Oc1ccccc1/C=C/c1cc(-c2ccccc2)no1)N1CCC(=C(c2ccccc2)c2ccccc2)CC1. The molecule has 0 aliphatic carbocycles. The van der Waals surface area contributed by atoms with Crippen LogP contribution in [0.15, 0.2) is 131 Å². The van der Waals surface area contributed by atoms with Gasteiger partial charge in [-0.25, -0.2) is 0 Å². The highest BCUT2D eigenvalue weighted by Gasteiger charge is 2.29. The Morgan fingerprint density at radius 3 is 2.00 bits per heavy atom. The summed E-state index contributed by atoms with van der Waals surface area (Å²) < 4.78 is 12.1. The zero-order valence-corrected chi connectivity index (χ0v) is 24.3. The second-order valence-corrected chi connectivity index (χ2v) is 10.8. The van der Waals surface area contributed by atoms with Gasteiger partial charge < -0.3 is 14.4 Å². The minimum Gasteiger partial charge on any atom is -0.472 e. The van der Waals surface area contributed by atoms with Gasteiger partial charge in [0, 0.05) is 30.3 Å². The first-order chi connectivity index (χ1) is 21.2. The highest BCUT2D eigenvalue weighted by atomic mass is 16.5. The van der Waals surface area contributed by atoms with Crippen molar-refractivity contribution >= 4 is 17.7 Å². The second-order valence-electron chi connectivity index (χ2n) is 10.8. The molecule has 2 unspecified atom stereocenters. The maximum atomic E-state index is 10.8. The molecule has 0 amide bonds. The van der Waals surface area contributed by atoms with E-state index in [0.29, 0.717) is 11.5 Å². The lowest BCUT2D eigenvalue weighted by molar-refractivity contribution is -0.0613. The van der Waals surface area contributed by atoms with E-state index in [1.807, 2.05) is 72.8 Å². The molecule has 0 radical (unpaired) electrons. The van der Waals surface area contributed by atoms with Crippen LogP contribution in [0.25, 0.3) is 29.0 Å². The Labute approximate surface area is 253 Å². The molecule has 5 nitrogen and oxygen atoms in total. The van der Waals surface area contributed by atoms with E-state index < -0.39 is 12.3 Å². The van der Waals surface area contributed by atoms with Crippen LogP contribution >= 0.6 is 0 Å². The highest BCUT2D eigenvalue weighted by Crippen LogP contribution is 2.34.